The maximum absolute atomic E-state index is 13.3. The van der Waals surface area contributed by atoms with E-state index < -0.39 is 6.10 Å². The summed E-state index contributed by atoms with van der Waals surface area (Å²) >= 11 is 3.36. The van der Waals surface area contributed by atoms with Crippen molar-refractivity contribution in [2.24, 2.45) is 0 Å². The lowest BCUT2D eigenvalue weighted by Gasteiger charge is -2.16. The van der Waals surface area contributed by atoms with Crippen molar-refractivity contribution in [3.8, 4) is 11.5 Å². The molecule has 2 rings (SSSR count). The van der Waals surface area contributed by atoms with Crippen LogP contribution in [0.25, 0.3) is 0 Å². The monoisotopic (exact) mass is 354 g/mol. The van der Waals surface area contributed by atoms with Gasteiger partial charge in [0.25, 0.3) is 0 Å². The van der Waals surface area contributed by atoms with Gasteiger partial charge in [-0.3, -0.25) is 0 Å². The summed E-state index contributed by atoms with van der Waals surface area (Å²) in [5.74, 6) is 0.853. The Morgan fingerprint density at radius 1 is 1.14 bits per heavy atom. The predicted molar refractivity (Wildman–Crippen MR) is 82.3 cm³/mol. The summed E-state index contributed by atoms with van der Waals surface area (Å²) in [7, 11) is 3.10. The van der Waals surface area contributed by atoms with Crippen LogP contribution < -0.4 is 9.47 Å². The third-order valence-corrected chi connectivity index (χ3v) is 3.99. The molecule has 2 aromatic rings. The zero-order valence-corrected chi connectivity index (χ0v) is 13.4. The maximum atomic E-state index is 13.3. The molecule has 2 aromatic carbocycles. The highest BCUT2D eigenvalue weighted by Gasteiger charge is 2.16. The molecular weight excluding hydrogens is 339 g/mol. The Morgan fingerprint density at radius 3 is 2.57 bits per heavy atom. The molecule has 0 aliphatic rings. The molecule has 0 spiro atoms. The van der Waals surface area contributed by atoms with Crippen LogP contribution in [-0.2, 0) is 6.42 Å². The Hall–Kier alpha value is -1.59. The molecule has 0 aliphatic carbocycles. The lowest BCUT2D eigenvalue weighted by molar-refractivity contribution is 0.173. The van der Waals surface area contributed by atoms with Crippen LogP contribution >= 0.6 is 15.9 Å². The van der Waals surface area contributed by atoms with Gasteiger partial charge in [-0.15, -0.1) is 0 Å². The van der Waals surface area contributed by atoms with Gasteiger partial charge in [0.2, 0.25) is 0 Å². The number of methoxy groups -OCH3 is 2. The molecule has 0 radical (unpaired) electrons. The summed E-state index contributed by atoms with van der Waals surface area (Å²) < 4.78 is 24.5. The molecule has 0 aliphatic heterocycles. The lowest BCUT2D eigenvalue weighted by Crippen LogP contribution is -2.05. The van der Waals surface area contributed by atoms with Gasteiger partial charge in [-0.05, 0) is 35.9 Å². The molecule has 1 N–H and O–H groups in total. The van der Waals surface area contributed by atoms with Crippen molar-refractivity contribution in [2.75, 3.05) is 14.2 Å². The van der Waals surface area contributed by atoms with E-state index in [1.807, 2.05) is 0 Å². The van der Waals surface area contributed by atoms with Gasteiger partial charge in [0.1, 0.15) is 17.3 Å². The zero-order chi connectivity index (χ0) is 15.4. The minimum Gasteiger partial charge on any atom is -0.497 e. The zero-order valence-electron chi connectivity index (χ0n) is 11.8. The number of aliphatic hydroxyl groups excluding tert-OH is 1. The molecule has 112 valence electrons. The molecule has 0 saturated carbocycles. The Kier molecular flexibility index (Phi) is 5.20. The van der Waals surface area contributed by atoms with Gasteiger partial charge in [-0.1, -0.05) is 15.9 Å². The fourth-order valence-electron chi connectivity index (χ4n) is 2.11. The standard InChI is InChI=1S/C16H16BrFO3/c1-20-12-4-5-13(16(9-12)21-2)15(19)8-10-7-11(18)3-6-14(10)17/h3-7,9,15,19H,8H2,1-2H3. The maximum Gasteiger partial charge on any atom is 0.128 e. The van der Waals surface area contributed by atoms with Gasteiger partial charge in [0.05, 0.1) is 20.3 Å². The van der Waals surface area contributed by atoms with E-state index in [0.29, 0.717) is 22.6 Å². The van der Waals surface area contributed by atoms with Crippen molar-refractivity contribution in [3.05, 3.63) is 57.8 Å². The minimum absolute atomic E-state index is 0.279. The first-order valence-electron chi connectivity index (χ1n) is 6.39. The second-order valence-electron chi connectivity index (χ2n) is 4.56. The molecule has 0 aromatic heterocycles. The number of aliphatic hydroxyl groups is 1. The molecule has 5 heteroatoms. The van der Waals surface area contributed by atoms with Crippen LogP contribution in [0, 0.1) is 5.82 Å². The number of rotatable bonds is 5. The van der Waals surface area contributed by atoms with Crippen molar-refractivity contribution in [1.82, 2.24) is 0 Å². The van der Waals surface area contributed by atoms with Crippen LogP contribution in [0.1, 0.15) is 17.2 Å². The van der Waals surface area contributed by atoms with Gasteiger partial charge in [-0.25, -0.2) is 4.39 Å². The van der Waals surface area contributed by atoms with Crippen LogP contribution in [0.3, 0.4) is 0 Å². The quantitative estimate of drug-likeness (QED) is 0.885. The Balaban J connectivity index is 2.27. The van der Waals surface area contributed by atoms with Gasteiger partial charge in [-0.2, -0.15) is 0 Å². The first-order valence-corrected chi connectivity index (χ1v) is 7.18. The number of benzene rings is 2. The molecule has 0 saturated heterocycles. The van der Waals surface area contributed by atoms with Gasteiger partial charge >= 0.3 is 0 Å². The average molecular weight is 355 g/mol. The van der Waals surface area contributed by atoms with Crippen molar-refractivity contribution in [1.29, 1.82) is 0 Å². The van der Waals surface area contributed by atoms with Crippen LogP contribution in [0.4, 0.5) is 4.39 Å². The van der Waals surface area contributed by atoms with E-state index in [1.54, 1.807) is 31.4 Å². The first-order chi connectivity index (χ1) is 10.0. The molecule has 1 unspecified atom stereocenters. The van der Waals surface area contributed by atoms with Crippen molar-refractivity contribution < 1.29 is 19.0 Å². The predicted octanol–water partition coefficient (Wildman–Crippen LogP) is 3.88. The number of ether oxygens (including phenoxy) is 2. The molecule has 0 amide bonds. The van der Waals surface area contributed by atoms with E-state index in [2.05, 4.69) is 15.9 Å². The van der Waals surface area contributed by atoms with Crippen molar-refractivity contribution in [2.45, 2.75) is 12.5 Å². The highest BCUT2D eigenvalue weighted by Crippen LogP contribution is 2.32. The molecule has 1 atom stereocenters. The van der Waals surface area contributed by atoms with E-state index in [1.165, 1.54) is 19.2 Å². The van der Waals surface area contributed by atoms with Crippen LogP contribution in [0.15, 0.2) is 40.9 Å². The van der Waals surface area contributed by atoms with Crippen molar-refractivity contribution in [3.63, 3.8) is 0 Å². The van der Waals surface area contributed by atoms with E-state index in [4.69, 9.17) is 9.47 Å². The fraction of sp³-hybridized carbons (Fsp3) is 0.250. The van der Waals surface area contributed by atoms with E-state index >= 15 is 0 Å². The summed E-state index contributed by atoms with van der Waals surface area (Å²) in [6.07, 6.45) is -0.523. The Labute approximate surface area is 131 Å². The summed E-state index contributed by atoms with van der Waals surface area (Å²) in [5, 5.41) is 10.4. The van der Waals surface area contributed by atoms with Crippen LogP contribution in [0.2, 0.25) is 0 Å². The average Bonchev–Trinajstić information content (AvgIpc) is 2.50. The van der Waals surface area contributed by atoms with E-state index in [9.17, 15) is 9.50 Å². The lowest BCUT2D eigenvalue weighted by atomic mass is 10.0. The van der Waals surface area contributed by atoms with Crippen LogP contribution in [-0.4, -0.2) is 19.3 Å². The second-order valence-corrected chi connectivity index (χ2v) is 5.42. The summed E-state index contributed by atoms with van der Waals surface area (Å²) in [6, 6.07) is 9.61. The first kappa shape index (κ1) is 15.8. The summed E-state index contributed by atoms with van der Waals surface area (Å²) in [4.78, 5) is 0. The smallest absolute Gasteiger partial charge is 0.128 e. The highest BCUT2D eigenvalue weighted by atomic mass is 79.9. The molecule has 21 heavy (non-hydrogen) atoms. The third kappa shape index (κ3) is 3.74. The van der Waals surface area contributed by atoms with E-state index in [0.717, 1.165) is 4.47 Å². The molecule has 0 fully saturated rings. The molecule has 0 heterocycles. The Morgan fingerprint density at radius 2 is 1.90 bits per heavy atom. The van der Waals surface area contributed by atoms with Gasteiger partial charge in [0.15, 0.2) is 0 Å². The third-order valence-electron chi connectivity index (χ3n) is 3.22. The SMILES string of the molecule is COc1ccc(C(O)Cc2cc(F)ccc2Br)c(OC)c1. The topological polar surface area (TPSA) is 38.7 Å². The molecular formula is C16H16BrFO3. The van der Waals surface area contributed by atoms with E-state index in [-0.39, 0.29) is 12.2 Å². The van der Waals surface area contributed by atoms with Gasteiger partial charge in [0, 0.05) is 22.5 Å². The number of hydrogen-bond acceptors (Lipinski definition) is 3. The summed E-state index contributed by atoms with van der Waals surface area (Å²) in [5.41, 5.74) is 1.33. The molecule has 3 nitrogen and oxygen atoms in total. The number of hydrogen-bond donors (Lipinski definition) is 1. The minimum atomic E-state index is -0.802. The van der Waals surface area contributed by atoms with Crippen molar-refractivity contribution >= 4 is 15.9 Å². The second kappa shape index (κ2) is 6.91. The summed E-state index contributed by atoms with van der Waals surface area (Å²) in [6.45, 7) is 0. The normalized spacial score (nSPS) is 12.0. The van der Waals surface area contributed by atoms with Crippen LogP contribution in [0.5, 0.6) is 11.5 Å². The number of halogens is 2. The highest BCUT2D eigenvalue weighted by molar-refractivity contribution is 9.10. The largest absolute Gasteiger partial charge is 0.497 e. The fourth-order valence-corrected chi connectivity index (χ4v) is 2.52. The Bertz CT molecular complexity index is 631. The molecule has 0 bridgehead atoms. The van der Waals surface area contributed by atoms with Gasteiger partial charge < -0.3 is 14.6 Å².